The average Bonchev–Trinajstić information content (AvgIpc) is 3.69. The number of anilines is 2. The number of benzene rings is 1. The van der Waals surface area contributed by atoms with Crippen LogP contribution in [0.15, 0.2) is 58.2 Å². The van der Waals surface area contributed by atoms with Gasteiger partial charge in [-0.3, -0.25) is 38.3 Å². The number of piperidine rings is 2. The van der Waals surface area contributed by atoms with Gasteiger partial charge in [-0.1, -0.05) is 6.07 Å². The minimum atomic E-state index is -2.89. The Morgan fingerprint density at radius 1 is 1.00 bits per heavy atom. The van der Waals surface area contributed by atoms with Crippen LogP contribution < -0.4 is 21.6 Å². The van der Waals surface area contributed by atoms with Gasteiger partial charge in [0.15, 0.2) is 11.4 Å². The van der Waals surface area contributed by atoms with Crippen molar-refractivity contribution in [2.24, 2.45) is 18.9 Å². The van der Waals surface area contributed by atoms with Gasteiger partial charge in [0, 0.05) is 63.6 Å². The molecular formula is C44H51F2N11O6. The molecule has 0 spiro atoms. The molecule has 1 atom stereocenters. The smallest absolute Gasteiger partial charge is 0.329 e. The summed E-state index contributed by atoms with van der Waals surface area (Å²) in [5.74, 6) is 0.201. The van der Waals surface area contributed by atoms with E-state index in [0.717, 1.165) is 51.6 Å². The molecule has 63 heavy (non-hydrogen) atoms. The lowest BCUT2D eigenvalue weighted by molar-refractivity contribution is -0.135. The van der Waals surface area contributed by atoms with Crippen molar-refractivity contribution in [2.45, 2.75) is 88.8 Å². The summed E-state index contributed by atoms with van der Waals surface area (Å²) in [5.41, 5.74) is 0.937. The lowest BCUT2D eigenvalue weighted by Gasteiger charge is -2.39. The molecule has 4 aromatic heterocycles. The minimum Gasteiger partial charge on any atom is -0.444 e. The maximum atomic E-state index is 14.2. The van der Waals surface area contributed by atoms with E-state index in [1.54, 1.807) is 48.3 Å². The zero-order valence-corrected chi connectivity index (χ0v) is 35.3. The summed E-state index contributed by atoms with van der Waals surface area (Å²) in [6, 6.07) is 8.00. The number of halogens is 2. The third-order valence-electron chi connectivity index (χ3n) is 13.2. The van der Waals surface area contributed by atoms with Crippen LogP contribution in [0.5, 0.6) is 0 Å². The number of nitrogens with one attached hydrogen (secondary N) is 3. The monoisotopic (exact) mass is 867 g/mol. The van der Waals surface area contributed by atoms with Gasteiger partial charge < -0.3 is 24.9 Å². The lowest BCUT2D eigenvalue weighted by atomic mass is 9.85. The molecule has 5 aromatic rings. The van der Waals surface area contributed by atoms with E-state index < -0.39 is 35.7 Å². The molecule has 6 heterocycles. The first-order chi connectivity index (χ1) is 30.4. The quantitative estimate of drug-likeness (QED) is 0.126. The number of imide groups is 1. The van der Waals surface area contributed by atoms with Crippen LogP contribution in [0.4, 0.5) is 20.3 Å². The van der Waals surface area contributed by atoms with Crippen molar-refractivity contribution in [1.82, 2.24) is 44.0 Å². The maximum absolute atomic E-state index is 14.2. The van der Waals surface area contributed by atoms with E-state index in [2.05, 4.69) is 43.0 Å². The molecule has 0 bridgehead atoms. The predicted octanol–water partition coefficient (Wildman–Crippen LogP) is 5.54. The zero-order valence-electron chi connectivity index (χ0n) is 35.3. The highest BCUT2D eigenvalue weighted by Gasteiger charge is 2.35. The number of fused-ring (bicyclic) bond motifs is 1. The molecule has 0 radical (unpaired) electrons. The topological polar surface area (TPSA) is 195 Å². The number of hydrogen-bond acceptors (Lipinski definition) is 11. The summed E-state index contributed by atoms with van der Waals surface area (Å²) in [6.45, 7) is 2.79. The summed E-state index contributed by atoms with van der Waals surface area (Å²) in [5, 5.41) is 12.4. The number of nitrogens with zero attached hydrogens (tertiary/aromatic N) is 8. The maximum Gasteiger partial charge on any atom is 0.329 e. The molecule has 17 nitrogen and oxygen atoms in total. The van der Waals surface area contributed by atoms with E-state index in [1.807, 2.05) is 4.90 Å². The van der Waals surface area contributed by atoms with Crippen LogP contribution in [0.3, 0.4) is 0 Å². The van der Waals surface area contributed by atoms with Crippen molar-refractivity contribution in [1.29, 1.82) is 0 Å². The second-order valence-electron chi connectivity index (χ2n) is 17.4. The van der Waals surface area contributed by atoms with E-state index in [0.29, 0.717) is 52.9 Å². The van der Waals surface area contributed by atoms with Gasteiger partial charge in [-0.2, -0.15) is 5.10 Å². The Hall–Kier alpha value is -6.24. The van der Waals surface area contributed by atoms with Gasteiger partial charge in [-0.15, -0.1) is 0 Å². The summed E-state index contributed by atoms with van der Waals surface area (Å²) in [7, 11) is 3.70. The van der Waals surface area contributed by atoms with Crippen molar-refractivity contribution < 1.29 is 32.4 Å². The number of carbonyl (C=O) groups excluding carboxylic acids is 4. The first-order valence-electron chi connectivity index (χ1n) is 21.8. The van der Waals surface area contributed by atoms with E-state index in [1.165, 1.54) is 34.4 Å². The standard InChI is InChI=1S/C44H51F2N11O6/c1-53(28-15-18-55(19-16-28)43(61)30-4-3-5-33-38(30)54(2)44(62)57(33)34-12-13-36(58)51-41(34)60)22-26-8-10-29(11-9-26)56-23-31(37(52-56)39(45)46)49-40(59)32-24-63-42(50-32)27-14-17-47-35(20-27)48-21-25-6-7-25/h3-5,14,17,20,23-26,28-29,34,39H,6-13,15-16,18-19,21-22H2,1-2H3,(H,47,48)(H,49,59)(H,51,58,60)/t26-,29-,34?. The van der Waals surface area contributed by atoms with Crippen LogP contribution in [0.25, 0.3) is 22.5 Å². The zero-order chi connectivity index (χ0) is 43.9. The molecule has 4 amide bonds. The highest BCUT2D eigenvalue weighted by atomic mass is 19.3. The molecule has 1 unspecified atom stereocenters. The minimum absolute atomic E-state index is 0.0471. The Balaban J connectivity index is 0.771. The Morgan fingerprint density at radius 3 is 2.49 bits per heavy atom. The first kappa shape index (κ1) is 42.1. The molecule has 9 rings (SSSR count). The van der Waals surface area contributed by atoms with Crippen LogP contribution in [0.1, 0.15) is 109 Å². The van der Waals surface area contributed by atoms with Crippen LogP contribution in [0, 0.1) is 11.8 Å². The number of para-hydroxylation sites is 1. The van der Waals surface area contributed by atoms with Gasteiger partial charge >= 0.3 is 5.69 Å². The van der Waals surface area contributed by atoms with Gasteiger partial charge in [0.2, 0.25) is 17.7 Å². The molecule has 3 N–H and O–H groups in total. The summed E-state index contributed by atoms with van der Waals surface area (Å²) in [4.78, 5) is 77.9. The molecule has 1 aromatic carbocycles. The van der Waals surface area contributed by atoms with Gasteiger partial charge in [0.05, 0.1) is 28.3 Å². The van der Waals surface area contributed by atoms with E-state index in [9.17, 15) is 32.8 Å². The van der Waals surface area contributed by atoms with Crippen molar-refractivity contribution in [3.05, 3.63) is 76.4 Å². The van der Waals surface area contributed by atoms with Crippen molar-refractivity contribution >= 4 is 46.2 Å². The number of carbonyl (C=O) groups is 4. The fourth-order valence-electron chi connectivity index (χ4n) is 9.45. The van der Waals surface area contributed by atoms with Crippen molar-refractivity contribution in [2.75, 3.05) is 43.9 Å². The van der Waals surface area contributed by atoms with E-state index in [-0.39, 0.29) is 54.0 Å². The molecule has 2 aliphatic heterocycles. The van der Waals surface area contributed by atoms with E-state index >= 15 is 0 Å². The molecule has 2 aliphatic carbocycles. The fraction of sp³-hybridized carbons (Fsp3) is 0.500. The molecule has 4 aliphatic rings. The summed E-state index contributed by atoms with van der Waals surface area (Å²) in [6.07, 6.45) is 8.99. The Bertz CT molecular complexity index is 2600. The Labute approximate surface area is 361 Å². The number of amides is 4. The number of aromatic nitrogens is 6. The second-order valence-corrected chi connectivity index (χ2v) is 17.4. The molecule has 2 saturated heterocycles. The Morgan fingerprint density at radius 2 is 1.76 bits per heavy atom. The van der Waals surface area contributed by atoms with Crippen molar-refractivity contribution in [3.63, 3.8) is 0 Å². The largest absolute Gasteiger partial charge is 0.444 e. The van der Waals surface area contributed by atoms with E-state index in [4.69, 9.17) is 4.42 Å². The summed E-state index contributed by atoms with van der Waals surface area (Å²) < 4.78 is 38.4. The normalized spacial score (nSPS) is 21.0. The van der Waals surface area contributed by atoms with Crippen LogP contribution in [-0.4, -0.2) is 102 Å². The van der Waals surface area contributed by atoms with Crippen LogP contribution >= 0.6 is 0 Å². The second kappa shape index (κ2) is 17.5. The average molecular weight is 868 g/mol. The molecule has 332 valence electrons. The highest BCUT2D eigenvalue weighted by Crippen LogP contribution is 2.36. The third kappa shape index (κ3) is 8.74. The SMILES string of the molecule is CN(C[C@H]1CC[C@H](n2cc(NC(=O)c3coc(-c4ccnc(NCC5CC5)c4)n3)c(C(F)F)n2)CC1)C1CCN(C(=O)c2cccc3c2n(C)c(=O)n3C2CCC(=O)NC2=O)CC1. The lowest BCUT2D eigenvalue weighted by Crippen LogP contribution is -2.46. The number of rotatable bonds is 13. The van der Waals surface area contributed by atoms with Gasteiger partial charge in [0.25, 0.3) is 18.2 Å². The van der Waals surface area contributed by atoms with Crippen LogP contribution in [0.2, 0.25) is 0 Å². The number of imidazole rings is 1. The number of oxazole rings is 1. The first-order valence-corrected chi connectivity index (χ1v) is 21.8. The van der Waals surface area contributed by atoms with Gasteiger partial charge in [-0.25, -0.2) is 23.5 Å². The number of likely N-dealkylation sites (tertiary alicyclic amines) is 1. The number of aryl methyl sites for hydroxylation is 1. The molecular weight excluding hydrogens is 817 g/mol. The fourth-order valence-corrected chi connectivity index (χ4v) is 9.45. The third-order valence-corrected chi connectivity index (χ3v) is 13.2. The number of hydrogen-bond donors (Lipinski definition) is 3. The van der Waals surface area contributed by atoms with Gasteiger partial charge in [-0.05, 0) is 101 Å². The molecule has 2 saturated carbocycles. The number of pyridine rings is 1. The highest BCUT2D eigenvalue weighted by molar-refractivity contribution is 6.06. The molecule has 4 fully saturated rings. The predicted molar refractivity (Wildman–Crippen MR) is 227 cm³/mol. The number of alkyl halides is 2. The summed E-state index contributed by atoms with van der Waals surface area (Å²) >= 11 is 0. The molecule has 19 heteroatoms. The van der Waals surface area contributed by atoms with Gasteiger partial charge in [0.1, 0.15) is 18.1 Å². The van der Waals surface area contributed by atoms with Crippen LogP contribution in [-0.2, 0) is 16.6 Å². The Kier molecular flexibility index (Phi) is 11.7. The van der Waals surface area contributed by atoms with Crippen molar-refractivity contribution in [3.8, 4) is 11.5 Å².